The highest BCUT2D eigenvalue weighted by Gasteiger charge is 2.07. The van der Waals surface area contributed by atoms with Gasteiger partial charge in [-0.2, -0.15) is 10.5 Å². The summed E-state index contributed by atoms with van der Waals surface area (Å²) in [5, 5.41) is 18.2. The van der Waals surface area contributed by atoms with Crippen LogP contribution >= 0.6 is 11.8 Å². The summed E-state index contributed by atoms with van der Waals surface area (Å²) in [7, 11) is 0. The lowest BCUT2D eigenvalue weighted by Gasteiger charge is -2.05. The van der Waals surface area contributed by atoms with Crippen LogP contribution in [0.15, 0.2) is 23.1 Å². The molecule has 0 fully saturated rings. The van der Waals surface area contributed by atoms with E-state index >= 15 is 0 Å². The molecule has 2 nitrogen and oxygen atoms in total. The molecule has 0 aliphatic heterocycles. The fourth-order valence-corrected chi connectivity index (χ4v) is 3.67. The molecule has 0 saturated heterocycles. The van der Waals surface area contributed by atoms with Crippen LogP contribution in [0.3, 0.4) is 0 Å². The molecular weight excluding hydrogens is 300 g/mol. The number of benzene rings is 1. The van der Waals surface area contributed by atoms with Gasteiger partial charge < -0.3 is 0 Å². The molecule has 0 aliphatic carbocycles. The maximum atomic E-state index is 9.19. The minimum atomic E-state index is 0.487. The van der Waals surface area contributed by atoms with Gasteiger partial charge in [0.1, 0.15) is 12.1 Å². The largest absolute Gasteiger partial charge is 0.192 e. The van der Waals surface area contributed by atoms with Crippen molar-refractivity contribution in [1.29, 1.82) is 10.5 Å². The quantitative estimate of drug-likeness (QED) is 0.327. The molecule has 0 saturated carbocycles. The Bertz CT molecular complexity index is 525. The normalized spacial score (nSPS) is 10.2. The Morgan fingerprint density at radius 1 is 0.826 bits per heavy atom. The number of thioether (sulfide) groups is 1. The zero-order chi connectivity index (χ0) is 16.8. The monoisotopic (exact) mass is 328 g/mol. The average Bonchev–Trinajstić information content (AvgIpc) is 2.59. The van der Waals surface area contributed by atoms with Crippen molar-refractivity contribution in [3.63, 3.8) is 0 Å². The number of hydrogen-bond acceptors (Lipinski definition) is 3. The van der Waals surface area contributed by atoms with E-state index in [1.807, 2.05) is 12.1 Å². The number of rotatable bonds is 12. The summed E-state index contributed by atoms with van der Waals surface area (Å²) in [6, 6.07) is 9.77. The third kappa shape index (κ3) is 8.10. The van der Waals surface area contributed by atoms with Gasteiger partial charge in [0.2, 0.25) is 0 Å². The van der Waals surface area contributed by atoms with Gasteiger partial charge in [0, 0.05) is 4.90 Å². The third-order valence-electron chi connectivity index (χ3n) is 4.01. The smallest absolute Gasteiger partial charge is 0.102 e. The molecule has 1 rings (SSSR count). The zero-order valence-corrected chi connectivity index (χ0v) is 15.1. The Labute approximate surface area is 145 Å². The molecule has 0 aromatic heterocycles. The number of nitrogens with zero attached hydrogens (tertiary/aromatic N) is 2. The Hall–Kier alpha value is -1.45. The molecular formula is C20H28N2S. The first-order valence-electron chi connectivity index (χ1n) is 8.89. The second-order valence-corrected chi connectivity index (χ2v) is 7.07. The summed E-state index contributed by atoms with van der Waals surface area (Å²) in [5.41, 5.74) is 1.02. The van der Waals surface area contributed by atoms with E-state index in [2.05, 4.69) is 19.1 Å². The Balaban J connectivity index is 2.10. The van der Waals surface area contributed by atoms with Gasteiger partial charge in [0.05, 0.1) is 11.1 Å². The lowest BCUT2D eigenvalue weighted by Crippen LogP contribution is -1.89. The van der Waals surface area contributed by atoms with Gasteiger partial charge in [-0.25, -0.2) is 0 Å². The second kappa shape index (κ2) is 13.0. The molecule has 0 spiro atoms. The molecule has 0 N–H and O–H groups in total. The zero-order valence-electron chi connectivity index (χ0n) is 14.3. The molecule has 23 heavy (non-hydrogen) atoms. The van der Waals surface area contributed by atoms with Crippen LogP contribution in [0.4, 0.5) is 0 Å². The lowest BCUT2D eigenvalue weighted by molar-refractivity contribution is 0.563. The van der Waals surface area contributed by atoms with E-state index in [0.717, 1.165) is 10.6 Å². The Kier molecular flexibility index (Phi) is 11.1. The van der Waals surface area contributed by atoms with Gasteiger partial charge in [0.25, 0.3) is 0 Å². The van der Waals surface area contributed by atoms with Gasteiger partial charge >= 0.3 is 0 Å². The molecule has 0 amide bonds. The van der Waals surface area contributed by atoms with Gasteiger partial charge in [-0.05, 0) is 24.3 Å². The molecule has 0 unspecified atom stereocenters. The summed E-state index contributed by atoms with van der Waals surface area (Å²) >= 11 is 1.70. The van der Waals surface area contributed by atoms with Crippen LogP contribution in [0.1, 0.15) is 82.3 Å². The van der Waals surface area contributed by atoms with Gasteiger partial charge in [0.15, 0.2) is 0 Å². The van der Waals surface area contributed by atoms with E-state index < -0.39 is 0 Å². The highest BCUT2D eigenvalue weighted by Crippen LogP contribution is 2.26. The third-order valence-corrected chi connectivity index (χ3v) is 5.16. The van der Waals surface area contributed by atoms with Crippen LogP contribution in [0.5, 0.6) is 0 Å². The van der Waals surface area contributed by atoms with Crippen molar-refractivity contribution in [2.45, 2.75) is 76.0 Å². The highest BCUT2D eigenvalue weighted by molar-refractivity contribution is 7.99. The average molecular weight is 329 g/mol. The van der Waals surface area contributed by atoms with Crippen LogP contribution in [-0.4, -0.2) is 5.75 Å². The van der Waals surface area contributed by atoms with E-state index in [-0.39, 0.29) is 0 Å². The topological polar surface area (TPSA) is 47.6 Å². The standard InChI is InChI=1S/C20H28N2S/c1-2-3-4-5-6-7-8-9-10-11-15-23-20-14-12-13-18(16-21)19(20)17-22/h12-14H,2-11,15H2,1H3. The van der Waals surface area contributed by atoms with Crippen LogP contribution in [0.25, 0.3) is 0 Å². The van der Waals surface area contributed by atoms with Crippen molar-refractivity contribution >= 4 is 11.8 Å². The lowest BCUT2D eigenvalue weighted by atomic mass is 10.1. The molecule has 0 radical (unpaired) electrons. The first-order chi connectivity index (χ1) is 11.3. The van der Waals surface area contributed by atoms with E-state index in [0.29, 0.717) is 11.1 Å². The van der Waals surface area contributed by atoms with Crippen LogP contribution in [0, 0.1) is 22.7 Å². The predicted molar refractivity (Wildman–Crippen MR) is 98.4 cm³/mol. The molecule has 1 aromatic rings. The summed E-state index contributed by atoms with van der Waals surface area (Å²) in [6.07, 6.45) is 13.4. The van der Waals surface area contributed by atoms with E-state index in [1.165, 1.54) is 64.2 Å². The molecule has 3 heteroatoms. The molecule has 1 aromatic carbocycles. The predicted octanol–water partition coefficient (Wildman–Crippen LogP) is 6.44. The molecule has 0 atom stereocenters. The van der Waals surface area contributed by atoms with Crippen LogP contribution < -0.4 is 0 Å². The minimum Gasteiger partial charge on any atom is -0.192 e. The number of nitriles is 2. The van der Waals surface area contributed by atoms with Crippen molar-refractivity contribution in [2.24, 2.45) is 0 Å². The maximum Gasteiger partial charge on any atom is 0.102 e. The number of unbranched alkanes of at least 4 members (excludes halogenated alkanes) is 9. The Morgan fingerprint density at radius 2 is 1.43 bits per heavy atom. The van der Waals surface area contributed by atoms with Crippen molar-refractivity contribution in [1.82, 2.24) is 0 Å². The SMILES string of the molecule is CCCCCCCCCCCCSc1cccc(C#N)c1C#N. The highest BCUT2D eigenvalue weighted by atomic mass is 32.2. The van der Waals surface area contributed by atoms with Crippen LogP contribution in [0.2, 0.25) is 0 Å². The van der Waals surface area contributed by atoms with Crippen LogP contribution in [-0.2, 0) is 0 Å². The summed E-state index contributed by atoms with van der Waals surface area (Å²) in [5.74, 6) is 1.03. The first-order valence-corrected chi connectivity index (χ1v) is 9.88. The van der Waals surface area contributed by atoms with Crippen molar-refractivity contribution in [3.05, 3.63) is 29.3 Å². The first kappa shape index (κ1) is 19.6. The maximum absolute atomic E-state index is 9.19. The van der Waals surface area contributed by atoms with Crippen molar-refractivity contribution in [2.75, 3.05) is 5.75 Å². The van der Waals surface area contributed by atoms with E-state index in [4.69, 9.17) is 5.26 Å². The number of hydrogen-bond donors (Lipinski definition) is 0. The van der Waals surface area contributed by atoms with Crippen molar-refractivity contribution in [3.8, 4) is 12.1 Å². The van der Waals surface area contributed by atoms with E-state index in [9.17, 15) is 5.26 Å². The molecule has 0 heterocycles. The summed E-state index contributed by atoms with van der Waals surface area (Å²) in [6.45, 7) is 2.26. The molecule has 0 bridgehead atoms. The molecule has 0 aliphatic rings. The summed E-state index contributed by atoms with van der Waals surface area (Å²) in [4.78, 5) is 0.947. The van der Waals surface area contributed by atoms with E-state index in [1.54, 1.807) is 17.8 Å². The van der Waals surface area contributed by atoms with Gasteiger partial charge in [-0.15, -0.1) is 11.8 Å². The van der Waals surface area contributed by atoms with Gasteiger partial charge in [-0.3, -0.25) is 0 Å². The fraction of sp³-hybridized carbons (Fsp3) is 0.600. The summed E-state index contributed by atoms with van der Waals surface area (Å²) < 4.78 is 0. The Morgan fingerprint density at radius 3 is 2.00 bits per heavy atom. The van der Waals surface area contributed by atoms with Crippen molar-refractivity contribution < 1.29 is 0 Å². The van der Waals surface area contributed by atoms with Gasteiger partial charge in [-0.1, -0.05) is 70.8 Å². The molecule has 124 valence electrons. The fourth-order valence-electron chi connectivity index (χ4n) is 2.63. The second-order valence-electron chi connectivity index (χ2n) is 5.93. The minimum absolute atomic E-state index is 0.487.